The zero-order valence-electron chi connectivity index (χ0n) is 14.5. The van der Waals surface area contributed by atoms with Gasteiger partial charge in [0.05, 0.1) is 16.7 Å². The third kappa shape index (κ3) is 3.01. The maximum atomic E-state index is 13.1. The zero-order valence-corrected chi connectivity index (χ0v) is 15.4. The van der Waals surface area contributed by atoms with Gasteiger partial charge in [-0.1, -0.05) is 56.3 Å². The number of aryl methyl sites for hydroxylation is 1. The van der Waals surface area contributed by atoms with Gasteiger partial charge in [-0.2, -0.15) is 0 Å². The van der Waals surface area contributed by atoms with Crippen molar-refractivity contribution in [1.29, 1.82) is 0 Å². The summed E-state index contributed by atoms with van der Waals surface area (Å²) in [4.78, 5) is 0.479. The highest BCUT2D eigenvalue weighted by atomic mass is 32.2. The second-order valence-electron chi connectivity index (χ2n) is 6.78. The van der Waals surface area contributed by atoms with Gasteiger partial charge in [-0.3, -0.25) is 5.32 Å². The summed E-state index contributed by atoms with van der Waals surface area (Å²) < 4.78 is 26.2. The molecule has 0 fully saturated rings. The molecule has 4 heteroatoms. The van der Waals surface area contributed by atoms with Gasteiger partial charge in [-0.25, -0.2) is 8.42 Å². The van der Waals surface area contributed by atoms with Crippen molar-refractivity contribution in [3.63, 3.8) is 0 Å². The molecule has 1 aliphatic rings. The summed E-state index contributed by atoms with van der Waals surface area (Å²) in [7, 11) is -3.34. The number of rotatable bonds is 3. The lowest BCUT2D eigenvalue weighted by Gasteiger charge is -2.34. The van der Waals surface area contributed by atoms with Gasteiger partial charge >= 0.3 is 0 Å². The maximum Gasteiger partial charge on any atom is 0.180 e. The third-order valence-electron chi connectivity index (χ3n) is 5.22. The number of hydrogen-bond donors (Lipinski definition) is 1. The monoisotopic (exact) mass is 343 g/mol. The van der Waals surface area contributed by atoms with Crippen LogP contribution in [-0.4, -0.2) is 19.7 Å². The smallest absolute Gasteiger partial charge is 0.180 e. The summed E-state index contributed by atoms with van der Waals surface area (Å²) in [5.41, 5.74) is 2.53. The van der Waals surface area contributed by atoms with Gasteiger partial charge in [-0.15, -0.1) is 0 Å². The molecule has 0 aliphatic carbocycles. The largest absolute Gasteiger partial charge is 0.300 e. The Morgan fingerprint density at radius 2 is 1.75 bits per heavy atom. The van der Waals surface area contributed by atoms with Gasteiger partial charge in [0.15, 0.2) is 9.84 Å². The SMILES string of the molecule is CCC1(CC)CS(=O)(=O)c2cc(C)ccc2C(c2ccccc2)N1. The zero-order chi connectivity index (χ0) is 17.4. The van der Waals surface area contributed by atoms with E-state index < -0.39 is 15.4 Å². The number of benzene rings is 2. The topological polar surface area (TPSA) is 46.2 Å². The van der Waals surface area contributed by atoms with Crippen LogP contribution in [0.25, 0.3) is 0 Å². The average molecular weight is 343 g/mol. The third-order valence-corrected chi connectivity index (χ3v) is 7.17. The first-order valence-electron chi connectivity index (χ1n) is 8.57. The van der Waals surface area contributed by atoms with Crippen LogP contribution in [0.3, 0.4) is 0 Å². The van der Waals surface area contributed by atoms with Gasteiger partial charge in [0.1, 0.15) is 0 Å². The van der Waals surface area contributed by atoms with E-state index in [4.69, 9.17) is 0 Å². The molecule has 0 aromatic heterocycles. The molecule has 0 saturated heterocycles. The van der Waals surface area contributed by atoms with E-state index in [2.05, 4.69) is 31.3 Å². The average Bonchev–Trinajstić information content (AvgIpc) is 2.69. The fourth-order valence-electron chi connectivity index (χ4n) is 3.58. The molecule has 0 radical (unpaired) electrons. The van der Waals surface area contributed by atoms with E-state index in [1.165, 1.54) is 0 Å². The Labute approximate surface area is 145 Å². The molecule has 128 valence electrons. The van der Waals surface area contributed by atoms with Crippen molar-refractivity contribution in [2.75, 3.05) is 5.75 Å². The summed E-state index contributed by atoms with van der Waals surface area (Å²) in [6.07, 6.45) is 1.55. The Kier molecular flexibility index (Phi) is 4.54. The van der Waals surface area contributed by atoms with E-state index in [-0.39, 0.29) is 11.8 Å². The van der Waals surface area contributed by atoms with Crippen molar-refractivity contribution in [3.05, 3.63) is 65.2 Å². The predicted molar refractivity (Wildman–Crippen MR) is 98.0 cm³/mol. The van der Waals surface area contributed by atoms with Crippen LogP contribution in [0.2, 0.25) is 0 Å². The standard InChI is InChI=1S/C20H25NO2S/c1-4-20(5-2)14-24(22,23)18-13-15(3)11-12-17(18)19(21-20)16-9-7-6-8-10-16/h6-13,19,21H,4-5,14H2,1-3H3. The molecule has 1 aliphatic heterocycles. The molecule has 1 N–H and O–H groups in total. The fourth-order valence-corrected chi connectivity index (χ4v) is 5.87. The highest BCUT2D eigenvalue weighted by molar-refractivity contribution is 7.91. The van der Waals surface area contributed by atoms with Crippen LogP contribution in [0.15, 0.2) is 53.4 Å². The Bertz CT molecular complexity index is 824. The van der Waals surface area contributed by atoms with Gasteiger partial charge in [0.2, 0.25) is 0 Å². The predicted octanol–water partition coefficient (Wildman–Crippen LogP) is 4.02. The van der Waals surface area contributed by atoms with E-state index in [1.54, 1.807) is 0 Å². The van der Waals surface area contributed by atoms with Crippen LogP contribution in [0.1, 0.15) is 49.4 Å². The Balaban J connectivity index is 2.26. The number of fused-ring (bicyclic) bond motifs is 1. The molecule has 1 unspecified atom stereocenters. The molecule has 0 spiro atoms. The first kappa shape index (κ1) is 17.2. The van der Waals surface area contributed by atoms with Crippen LogP contribution in [0.4, 0.5) is 0 Å². The van der Waals surface area contributed by atoms with Crippen LogP contribution >= 0.6 is 0 Å². The van der Waals surface area contributed by atoms with E-state index in [9.17, 15) is 8.42 Å². The number of hydrogen-bond acceptors (Lipinski definition) is 3. The van der Waals surface area contributed by atoms with Crippen molar-refractivity contribution in [3.8, 4) is 0 Å². The molecular formula is C20H25NO2S. The van der Waals surface area contributed by atoms with Crippen molar-refractivity contribution >= 4 is 9.84 Å². The van der Waals surface area contributed by atoms with Crippen LogP contribution in [0, 0.1) is 6.92 Å². The lowest BCUT2D eigenvalue weighted by molar-refractivity contribution is 0.313. The quantitative estimate of drug-likeness (QED) is 0.915. The summed E-state index contributed by atoms with van der Waals surface area (Å²) in [6, 6.07) is 15.8. The Hall–Kier alpha value is -1.65. The highest BCUT2D eigenvalue weighted by Gasteiger charge is 2.40. The lowest BCUT2D eigenvalue weighted by atomic mass is 9.90. The highest BCUT2D eigenvalue weighted by Crippen LogP contribution is 2.37. The van der Waals surface area contributed by atoms with Gasteiger partial charge in [-0.05, 0) is 42.5 Å². The second-order valence-corrected chi connectivity index (χ2v) is 8.73. The van der Waals surface area contributed by atoms with E-state index in [1.807, 2.05) is 43.3 Å². The number of sulfone groups is 1. The molecule has 0 bridgehead atoms. The minimum Gasteiger partial charge on any atom is -0.300 e. The first-order chi connectivity index (χ1) is 11.4. The Morgan fingerprint density at radius 3 is 2.38 bits per heavy atom. The Morgan fingerprint density at radius 1 is 1.08 bits per heavy atom. The van der Waals surface area contributed by atoms with Crippen LogP contribution in [0.5, 0.6) is 0 Å². The fraction of sp³-hybridized carbons (Fsp3) is 0.400. The van der Waals surface area contributed by atoms with Crippen molar-refractivity contribution in [2.45, 2.75) is 50.1 Å². The van der Waals surface area contributed by atoms with E-state index in [0.717, 1.165) is 29.5 Å². The van der Waals surface area contributed by atoms with Crippen molar-refractivity contribution < 1.29 is 8.42 Å². The van der Waals surface area contributed by atoms with Crippen LogP contribution in [-0.2, 0) is 9.84 Å². The van der Waals surface area contributed by atoms with Crippen LogP contribution < -0.4 is 5.32 Å². The van der Waals surface area contributed by atoms with Crippen molar-refractivity contribution in [2.24, 2.45) is 0 Å². The van der Waals surface area contributed by atoms with Gasteiger partial charge < -0.3 is 0 Å². The molecule has 0 amide bonds. The molecular weight excluding hydrogens is 318 g/mol. The summed E-state index contributed by atoms with van der Waals surface area (Å²) in [5, 5.41) is 3.70. The molecule has 3 rings (SSSR count). The van der Waals surface area contributed by atoms with E-state index in [0.29, 0.717) is 4.90 Å². The summed E-state index contributed by atoms with van der Waals surface area (Å²) in [6.45, 7) is 6.07. The molecule has 0 saturated carbocycles. The molecule has 1 heterocycles. The van der Waals surface area contributed by atoms with Gasteiger partial charge in [0, 0.05) is 5.54 Å². The lowest BCUT2D eigenvalue weighted by Crippen LogP contribution is -2.49. The minimum atomic E-state index is -3.34. The molecule has 2 aromatic rings. The summed E-state index contributed by atoms with van der Waals surface area (Å²) in [5.74, 6) is 0.146. The molecule has 1 atom stereocenters. The number of nitrogens with one attached hydrogen (secondary N) is 1. The first-order valence-corrected chi connectivity index (χ1v) is 10.2. The van der Waals surface area contributed by atoms with Gasteiger partial charge in [0.25, 0.3) is 0 Å². The minimum absolute atomic E-state index is 0.112. The maximum absolute atomic E-state index is 13.1. The molecule has 24 heavy (non-hydrogen) atoms. The summed E-state index contributed by atoms with van der Waals surface area (Å²) >= 11 is 0. The van der Waals surface area contributed by atoms with E-state index >= 15 is 0 Å². The molecule has 3 nitrogen and oxygen atoms in total. The normalized spacial score (nSPS) is 21.7. The van der Waals surface area contributed by atoms with Crippen molar-refractivity contribution in [1.82, 2.24) is 5.32 Å². The molecule has 2 aromatic carbocycles. The second kappa shape index (κ2) is 6.34.